The van der Waals surface area contributed by atoms with E-state index in [9.17, 15) is 4.79 Å². The molecule has 0 aromatic carbocycles. The third kappa shape index (κ3) is 2.87. The number of nitrogens with one attached hydrogen (secondary N) is 1. The number of hydrogen-bond acceptors (Lipinski definition) is 1. The Morgan fingerprint density at radius 2 is 2.07 bits per heavy atom. The van der Waals surface area contributed by atoms with E-state index in [0.29, 0.717) is 12.5 Å². The number of alkyl halides is 1. The zero-order chi connectivity index (χ0) is 10.8. The Kier molecular flexibility index (Phi) is 3.55. The van der Waals surface area contributed by atoms with E-state index in [1.807, 2.05) is 0 Å². The Labute approximate surface area is 96.8 Å². The van der Waals surface area contributed by atoms with Crippen molar-refractivity contribution in [2.24, 2.45) is 17.8 Å². The topological polar surface area (TPSA) is 29.1 Å². The fourth-order valence-corrected chi connectivity index (χ4v) is 3.00. The lowest BCUT2D eigenvalue weighted by molar-refractivity contribution is -0.125. The fraction of sp³-hybridized carbons (Fsp3) is 0.917. The van der Waals surface area contributed by atoms with E-state index in [2.05, 4.69) is 12.2 Å². The average molecular weight is 230 g/mol. The van der Waals surface area contributed by atoms with Gasteiger partial charge in [-0.25, -0.2) is 0 Å². The van der Waals surface area contributed by atoms with Crippen molar-refractivity contribution in [3.05, 3.63) is 0 Å². The number of hydrogen-bond donors (Lipinski definition) is 1. The summed E-state index contributed by atoms with van der Waals surface area (Å²) in [4.78, 5) is 11.8. The maximum absolute atomic E-state index is 11.8. The van der Waals surface area contributed by atoms with E-state index in [1.165, 1.54) is 6.42 Å². The summed E-state index contributed by atoms with van der Waals surface area (Å²) in [6, 6.07) is 0. The van der Waals surface area contributed by atoms with Crippen molar-refractivity contribution in [2.75, 3.05) is 6.54 Å². The standard InChI is InChI=1S/C12H20ClNO/c1-2-3-11(13)7-14-12(15)10-5-8-4-9(8)6-10/h8-11H,2-7H2,1H3,(H,14,15). The van der Waals surface area contributed by atoms with Crippen molar-refractivity contribution in [2.45, 2.75) is 44.4 Å². The predicted octanol–water partition coefficient (Wildman–Crippen LogP) is 2.56. The Morgan fingerprint density at radius 1 is 1.40 bits per heavy atom. The molecule has 3 unspecified atom stereocenters. The van der Waals surface area contributed by atoms with Crippen LogP contribution in [0.1, 0.15) is 39.0 Å². The Hall–Kier alpha value is -0.240. The first kappa shape index (κ1) is 11.3. The van der Waals surface area contributed by atoms with Crippen molar-refractivity contribution < 1.29 is 4.79 Å². The molecule has 0 aromatic heterocycles. The van der Waals surface area contributed by atoms with Crippen LogP contribution < -0.4 is 5.32 Å². The van der Waals surface area contributed by atoms with E-state index in [4.69, 9.17) is 11.6 Å². The first-order chi connectivity index (χ1) is 7.20. The lowest BCUT2D eigenvalue weighted by Gasteiger charge is -2.14. The second kappa shape index (κ2) is 4.73. The van der Waals surface area contributed by atoms with E-state index < -0.39 is 0 Å². The highest BCUT2D eigenvalue weighted by atomic mass is 35.5. The molecule has 2 nitrogen and oxygen atoms in total. The van der Waals surface area contributed by atoms with Crippen LogP contribution in [0.25, 0.3) is 0 Å². The predicted molar refractivity (Wildman–Crippen MR) is 61.9 cm³/mol. The van der Waals surface area contributed by atoms with Gasteiger partial charge in [0.15, 0.2) is 0 Å². The molecule has 2 aliphatic carbocycles. The zero-order valence-electron chi connectivity index (χ0n) is 9.34. The van der Waals surface area contributed by atoms with Gasteiger partial charge < -0.3 is 5.32 Å². The summed E-state index contributed by atoms with van der Waals surface area (Å²) in [5.74, 6) is 2.29. The number of amides is 1. The zero-order valence-corrected chi connectivity index (χ0v) is 10.1. The summed E-state index contributed by atoms with van der Waals surface area (Å²) >= 11 is 6.05. The van der Waals surface area contributed by atoms with Gasteiger partial charge in [0.05, 0.1) is 5.38 Å². The molecular weight excluding hydrogens is 210 g/mol. The molecule has 2 aliphatic rings. The highest BCUT2D eigenvalue weighted by Crippen LogP contribution is 2.54. The SMILES string of the molecule is CCCC(Cl)CNC(=O)C1CC2CC2C1. The minimum atomic E-state index is 0.106. The molecule has 1 amide bonds. The molecule has 2 saturated carbocycles. The molecule has 0 aromatic rings. The molecule has 3 atom stereocenters. The minimum absolute atomic E-state index is 0.106. The first-order valence-corrected chi connectivity index (χ1v) is 6.56. The summed E-state index contributed by atoms with van der Waals surface area (Å²) in [6.07, 6.45) is 5.68. The summed E-state index contributed by atoms with van der Waals surface area (Å²) in [5, 5.41) is 3.09. The molecule has 86 valence electrons. The van der Waals surface area contributed by atoms with Crippen molar-refractivity contribution in [3.63, 3.8) is 0 Å². The monoisotopic (exact) mass is 229 g/mol. The number of fused-ring (bicyclic) bond motifs is 1. The molecule has 2 rings (SSSR count). The molecule has 3 heteroatoms. The largest absolute Gasteiger partial charge is 0.354 e. The molecule has 0 bridgehead atoms. The van der Waals surface area contributed by atoms with Crippen LogP contribution in [0, 0.1) is 17.8 Å². The summed E-state index contributed by atoms with van der Waals surface area (Å²) in [7, 11) is 0. The quantitative estimate of drug-likeness (QED) is 0.722. The minimum Gasteiger partial charge on any atom is -0.354 e. The lowest BCUT2D eigenvalue weighted by Crippen LogP contribution is -2.34. The fourth-order valence-electron chi connectivity index (χ4n) is 2.70. The van der Waals surface area contributed by atoms with E-state index in [0.717, 1.165) is 37.5 Å². The second-order valence-corrected chi connectivity index (χ2v) is 5.67. The number of rotatable bonds is 5. The molecule has 1 N–H and O–H groups in total. The Bertz CT molecular complexity index is 234. The second-order valence-electron chi connectivity index (χ2n) is 5.06. The third-order valence-corrected chi connectivity index (χ3v) is 4.09. The average Bonchev–Trinajstić information content (AvgIpc) is 2.83. The summed E-state index contributed by atoms with van der Waals surface area (Å²) < 4.78 is 0. The molecule has 15 heavy (non-hydrogen) atoms. The van der Waals surface area contributed by atoms with Crippen LogP contribution in [0.4, 0.5) is 0 Å². The van der Waals surface area contributed by atoms with Crippen LogP contribution in [-0.4, -0.2) is 17.8 Å². The molecule has 0 radical (unpaired) electrons. The molecule has 0 spiro atoms. The molecule has 0 heterocycles. The number of carbonyl (C=O) groups excluding carboxylic acids is 1. The number of halogens is 1. The van der Waals surface area contributed by atoms with Gasteiger partial charge in [-0.15, -0.1) is 11.6 Å². The molecule has 0 saturated heterocycles. The maximum atomic E-state index is 11.8. The normalized spacial score (nSPS) is 34.7. The van der Waals surface area contributed by atoms with Crippen molar-refractivity contribution in [3.8, 4) is 0 Å². The highest BCUT2D eigenvalue weighted by molar-refractivity contribution is 6.20. The highest BCUT2D eigenvalue weighted by Gasteiger charge is 2.47. The van der Waals surface area contributed by atoms with Gasteiger partial charge >= 0.3 is 0 Å². The molecular formula is C12H20ClNO. The van der Waals surface area contributed by atoms with Gasteiger partial charge in [0.2, 0.25) is 5.91 Å². The van der Waals surface area contributed by atoms with Crippen LogP contribution in [0.3, 0.4) is 0 Å². The van der Waals surface area contributed by atoms with Crippen molar-refractivity contribution in [1.29, 1.82) is 0 Å². The molecule has 2 fully saturated rings. The number of carbonyl (C=O) groups is 1. The van der Waals surface area contributed by atoms with Crippen LogP contribution in [-0.2, 0) is 4.79 Å². The van der Waals surface area contributed by atoms with Gasteiger partial charge in [0.25, 0.3) is 0 Å². The Balaban J connectivity index is 1.64. The van der Waals surface area contributed by atoms with E-state index in [1.54, 1.807) is 0 Å². The van der Waals surface area contributed by atoms with Crippen LogP contribution in [0.15, 0.2) is 0 Å². The lowest BCUT2D eigenvalue weighted by atomic mass is 10.0. The molecule has 0 aliphatic heterocycles. The third-order valence-electron chi connectivity index (χ3n) is 3.71. The smallest absolute Gasteiger partial charge is 0.223 e. The van der Waals surface area contributed by atoms with Crippen LogP contribution >= 0.6 is 11.6 Å². The van der Waals surface area contributed by atoms with E-state index in [-0.39, 0.29) is 11.3 Å². The maximum Gasteiger partial charge on any atom is 0.223 e. The Morgan fingerprint density at radius 3 is 2.67 bits per heavy atom. The van der Waals surface area contributed by atoms with Gasteiger partial charge in [-0.1, -0.05) is 13.3 Å². The van der Waals surface area contributed by atoms with Gasteiger partial charge in [0.1, 0.15) is 0 Å². The summed E-state index contributed by atoms with van der Waals surface area (Å²) in [6.45, 7) is 2.75. The van der Waals surface area contributed by atoms with Crippen LogP contribution in [0.5, 0.6) is 0 Å². The van der Waals surface area contributed by atoms with Crippen LogP contribution in [0.2, 0.25) is 0 Å². The summed E-state index contributed by atoms with van der Waals surface area (Å²) in [5.41, 5.74) is 0. The van der Waals surface area contributed by atoms with Crippen molar-refractivity contribution in [1.82, 2.24) is 5.32 Å². The van der Waals surface area contributed by atoms with E-state index >= 15 is 0 Å². The first-order valence-electron chi connectivity index (χ1n) is 6.12. The van der Waals surface area contributed by atoms with Gasteiger partial charge in [-0.2, -0.15) is 0 Å². The van der Waals surface area contributed by atoms with Gasteiger partial charge in [0, 0.05) is 12.5 Å². The van der Waals surface area contributed by atoms with Crippen molar-refractivity contribution >= 4 is 17.5 Å². The van der Waals surface area contributed by atoms with Gasteiger partial charge in [-0.3, -0.25) is 4.79 Å². The van der Waals surface area contributed by atoms with Gasteiger partial charge in [-0.05, 0) is 37.5 Å².